The molecule has 2 aromatic rings. The number of nitrogens with one attached hydrogen (secondary N) is 1. The average molecular weight is 486 g/mol. The lowest BCUT2D eigenvalue weighted by Crippen LogP contribution is -2.46. The Balaban J connectivity index is 1.24. The van der Waals surface area contributed by atoms with Crippen LogP contribution >= 0.6 is 0 Å². The minimum atomic E-state index is -3.45. The molecule has 0 saturated carbocycles. The quantitative estimate of drug-likeness (QED) is 0.593. The summed E-state index contributed by atoms with van der Waals surface area (Å²) in [6.07, 6.45) is 6.07. The van der Waals surface area contributed by atoms with Gasteiger partial charge in [0, 0.05) is 18.8 Å². The number of phenols is 1. The second-order valence-electron chi connectivity index (χ2n) is 9.49. The molecule has 0 bridgehead atoms. The number of phenolic OH excluding ortho intramolecular Hbond substituents is 1. The van der Waals surface area contributed by atoms with E-state index in [-0.39, 0.29) is 16.8 Å². The molecule has 2 aromatic carbocycles. The van der Waals surface area contributed by atoms with Gasteiger partial charge in [-0.3, -0.25) is 9.69 Å². The molecule has 1 atom stereocenters. The molecule has 1 amide bonds. The van der Waals surface area contributed by atoms with Gasteiger partial charge in [0.1, 0.15) is 5.75 Å². The van der Waals surface area contributed by atoms with Crippen LogP contribution in [0.1, 0.15) is 44.6 Å². The number of nitrogens with zero attached hydrogens (tertiary/aromatic N) is 2. The fraction of sp³-hybridized carbons (Fsp3) is 0.500. The molecule has 0 aliphatic carbocycles. The fourth-order valence-corrected chi connectivity index (χ4v) is 6.38. The zero-order valence-electron chi connectivity index (χ0n) is 19.8. The van der Waals surface area contributed by atoms with Gasteiger partial charge < -0.3 is 10.4 Å². The van der Waals surface area contributed by atoms with Crippen molar-refractivity contribution in [3.8, 4) is 5.75 Å². The first-order valence-corrected chi connectivity index (χ1v) is 13.7. The SMILES string of the molecule is C[C@@H](C(=O)Nc1ccc(S(=O)(=O)N2CCCC2)cc1)N1CCC(CCc2ccc(O)cc2)CC1. The number of aromatic hydroxyl groups is 1. The third kappa shape index (κ3) is 5.98. The Morgan fingerprint density at radius 1 is 1.00 bits per heavy atom. The summed E-state index contributed by atoms with van der Waals surface area (Å²) in [5.74, 6) is 0.871. The number of sulfonamides is 1. The van der Waals surface area contributed by atoms with E-state index in [1.54, 1.807) is 36.4 Å². The number of amides is 1. The fourth-order valence-electron chi connectivity index (χ4n) is 4.86. The van der Waals surface area contributed by atoms with Crippen LogP contribution in [0.15, 0.2) is 53.4 Å². The molecule has 2 saturated heterocycles. The molecule has 7 nitrogen and oxygen atoms in total. The van der Waals surface area contributed by atoms with Gasteiger partial charge in [-0.15, -0.1) is 0 Å². The van der Waals surface area contributed by atoms with Gasteiger partial charge in [-0.2, -0.15) is 4.31 Å². The van der Waals surface area contributed by atoms with Crippen LogP contribution in [0, 0.1) is 5.92 Å². The van der Waals surface area contributed by atoms with Gasteiger partial charge in [-0.05, 0) is 106 Å². The van der Waals surface area contributed by atoms with Crippen LogP contribution in [-0.2, 0) is 21.2 Å². The van der Waals surface area contributed by atoms with Crippen molar-refractivity contribution >= 4 is 21.6 Å². The lowest BCUT2D eigenvalue weighted by Gasteiger charge is -2.35. The standard InChI is InChI=1S/C26H35N3O4S/c1-20(28-18-14-22(15-19-28)5-4-21-6-10-24(30)11-7-21)26(31)27-23-8-12-25(13-9-23)34(32,33)29-16-2-3-17-29/h6-13,20,22,30H,2-5,14-19H2,1H3,(H,27,31)/t20-/m0/s1. The summed E-state index contributed by atoms with van der Waals surface area (Å²) in [4.78, 5) is 15.3. The van der Waals surface area contributed by atoms with E-state index in [1.807, 2.05) is 19.1 Å². The van der Waals surface area contributed by atoms with E-state index in [4.69, 9.17) is 0 Å². The van der Waals surface area contributed by atoms with Crippen molar-refractivity contribution in [2.45, 2.75) is 56.4 Å². The smallest absolute Gasteiger partial charge is 0.243 e. The Labute approximate surface area is 202 Å². The van der Waals surface area contributed by atoms with Gasteiger partial charge >= 0.3 is 0 Å². The van der Waals surface area contributed by atoms with E-state index in [1.165, 1.54) is 9.87 Å². The molecular weight excluding hydrogens is 450 g/mol. The van der Waals surface area contributed by atoms with E-state index in [2.05, 4.69) is 10.2 Å². The number of hydrogen-bond acceptors (Lipinski definition) is 5. The Morgan fingerprint density at radius 2 is 1.62 bits per heavy atom. The zero-order valence-corrected chi connectivity index (χ0v) is 20.6. The van der Waals surface area contributed by atoms with Crippen molar-refractivity contribution in [2.24, 2.45) is 5.92 Å². The first kappa shape index (κ1) is 24.7. The number of carbonyl (C=O) groups is 1. The highest BCUT2D eigenvalue weighted by molar-refractivity contribution is 7.89. The molecule has 4 rings (SSSR count). The summed E-state index contributed by atoms with van der Waals surface area (Å²) >= 11 is 0. The van der Waals surface area contributed by atoms with Crippen molar-refractivity contribution in [3.63, 3.8) is 0 Å². The van der Waals surface area contributed by atoms with Gasteiger partial charge in [0.25, 0.3) is 0 Å². The summed E-state index contributed by atoms with van der Waals surface area (Å²) in [7, 11) is -3.45. The van der Waals surface area contributed by atoms with Crippen LogP contribution in [0.5, 0.6) is 5.75 Å². The molecule has 34 heavy (non-hydrogen) atoms. The highest BCUT2D eigenvalue weighted by Crippen LogP contribution is 2.25. The molecule has 0 aromatic heterocycles. The average Bonchev–Trinajstić information content (AvgIpc) is 3.40. The zero-order chi connectivity index (χ0) is 24.1. The molecule has 2 N–H and O–H groups in total. The van der Waals surface area contributed by atoms with Crippen LogP contribution in [-0.4, -0.2) is 60.9 Å². The molecule has 0 radical (unpaired) electrons. The highest BCUT2D eigenvalue weighted by atomic mass is 32.2. The predicted octanol–water partition coefficient (Wildman–Crippen LogP) is 3.85. The van der Waals surface area contributed by atoms with Crippen LogP contribution < -0.4 is 5.32 Å². The van der Waals surface area contributed by atoms with E-state index < -0.39 is 10.0 Å². The third-order valence-electron chi connectivity index (χ3n) is 7.18. The van der Waals surface area contributed by atoms with Gasteiger partial charge in [0.15, 0.2) is 0 Å². The van der Waals surface area contributed by atoms with Gasteiger partial charge in [-0.25, -0.2) is 8.42 Å². The van der Waals surface area contributed by atoms with Crippen LogP contribution in [0.4, 0.5) is 5.69 Å². The van der Waals surface area contributed by atoms with Crippen LogP contribution in [0.25, 0.3) is 0 Å². The van der Waals surface area contributed by atoms with E-state index >= 15 is 0 Å². The number of aryl methyl sites for hydroxylation is 1. The molecule has 184 valence electrons. The summed E-state index contributed by atoms with van der Waals surface area (Å²) < 4.78 is 26.9. The number of rotatable bonds is 8. The van der Waals surface area contributed by atoms with Crippen molar-refractivity contribution in [3.05, 3.63) is 54.1 Å². The first-order chi connectivity index (χ1) is 16.3. The number of carbonyl (C=O) groups excluding carboxylic acids is 1. The maximum atomic E-state index is 12.8. The minimum absolute atomic E-state index is 0.0716. The molecular formula is C26H35N3O4S. The highest BCUT2D eigenvalue weighted by Gasteiger charge is 2.28. The second-order valence-corrected chi connectivity index (χ2v) is 11.4. The molecule has 2 fully saturated rings. The maximum absolute atomic E-state index is 12.8. The van der Waals surface area contributed by atoms with Gasteiger partial charge in [0.2, 0.25) is 15.9 Å². The Morgan fingerprint density at radius 3 is 2.24 bits per heavy atom. The van der Waals surface area contributed by atoms with E-state index in [0.29, 0.717) is 30.4 Å². The molecule has 2 heterocycles. The van der Waals surface area contributed by atoms with Crippen molar-refractivity contribution < 1.29 is 18.3 Å². The van der Waals surface area contributed by atoms with Crippen molar-refractivity contribution in [2.75, 3.05) is 31.5 Å². The number of benzene rings is 2. The number of likely N-dealkylation sites (tertiary alicyclic amines) is 1. The van der Waals surface area contributed by atoms with Crippen LogP contribution in [0.2, 0.25) is 0 Å². The second kappa shape index (κ2) is 10.9. The van der Waals surface area contributed by atoms with Gasteiger partial charge in [-0.1, -0.05) is 12.1 Å². The number of anilines is 1. The first-order valence-electron chi connectivity index (χ1n) is 12.3. The molecule has 0 unspecified atom stereocenters. The van der Waals surface area contributed by atoms with Gasteiger partial charge in [0.05, 0.1) is 10.9 Å². The number of hydrogen-bond donors (Lipinski definition) is 2. The number of piperidine rings is 1. The van der Waals surface area contributed by atoms with E-state index in [9.17, 15) is 18.3 Å². The molecule has 2 aliphatic rings. The topological polar surface area (TPSA) is 90.0 Å². The van der Waals surface area contributed by atoms with Crippen molar-refractivity contribution in [1.82, 2.24) is 9.21 Å². The Hall–Kier alpha value is -2.42. The Kier molecular flexibility index (Phi) is 7.91. The largest absolute Gasteiger partial charge is 0.508 e. The maximum Gasteiger partial charge on any atom is 0.243 e. The molecule has 0 spiro atoms. The Bertz CT molecular complexity index is 1060. The molecule has 8 heteroatoms. The van der Waals surface area contributed by atoms with Crippen LogP contribution in [0.3, 0.4) is 0 Å². The monoisotopic (exact) mass is 485 g/mol. The normalized spacial score (nSPS) is 19.2. The summed E-state index contributed by atoms with van der Waals surface area (Å²) in [6.45, 7) is 4.86. The summed E-state index contributed by atoms with van der Waals surface area (Å²) in [6, 6.07) is 13.7. The predicted molar refractivity (Wildman–Crippen MR) is 133 cm³/mol. The molecule has 2 aliphatic heterocycles. The minimum Gasteiger partial charge on any atom is -0.508 e. The van der Waals surface area contributed by atoms with E-state index in [0.717, 1.165) is 51.6 Å². The summed E-state index contributed by atoms with van der Waals surface area (Å²) in [5.41, 5.74) is 1.85. The summed E-state index contributed by atoms with van der Waals surface area (Å²) in [5, 5.41) is 12.4. The van der Waals surface area contributed by atoms with Crippen molar-refractivity contribution in [1.29, 1.82) is 0 Å². The lowest BCUT2D eigenvalue weighted by atomic mass is 9.90. The lowest BCUT2D eigenvalue weighted by molar-refractivity contribution is -0.121. The third-order valence-corrected chi connectivity index (χ3v) is 9.09.